The minimum atomic E-state index is -3.45. The molecule has 2 N–H and O–H groups in total. The molecule has 3 aromatic heterocycles. The van der Waals surface area contributed by atoms with Crippen LogP contribution in [0.15, 0.2) is 30.7 Å². The number of anilines is 4. The molecule has 14 nitrogen and oxygen atoms in total. The van der Waals surface area contributed by atoms with Crippen LogP contribution in [0.4, 0.5) is 23.1 Å². The maximum atomic E-state index is 11.9. The van der Waals surface area contributed by atoms with Crippen LogP contribution in [0.25, 0.3) is 10.9 Å². The van der Waals surface area contributed by atoms with Gasteiger partial charge in [0.15, 0.2) is 0 Å². The summed E-state index contributed by atoms with van der Waals surface area (Å²) in [5.41, 5.74) is 2.14. The fourth-order valence-corrected chi connectivity index (χ4v) is 6.94. The summed E-state index contributed by atoms with van der Waals surface area (Å²) in [7, 11) is -3.45. The van der Waals surface area contributed by atoms with E-state index in [-0.39, 0.29) is 12.1 Å². The van der Waals surface area contributed by atoms with Crippen molar-refractivity contribution >= 4 is 44.1 Å². The molecular formula is C30H41N9O5S. The molecule has 0 radical (unpaired) electrons. The van der Waals surface area contributed by atoms with Gasteiger partial charge < -0.3 is 29.3 Å². The van der Waals surface area contributed by atoms with Crippen LogP contribution < -0.4 is 24.6 Å². The number of nitrogens with zero attached hydrogens (tertiary/aromatic N) is 7. The zero-order valence-electron chi connectivity index (χ0n) is 25.6. The summed E-state index contributed by atoms with van der Waals surface area (Å²) >= 11 is 0. The number of morpholine rings is 1. The largest absolute Gasteiger partial charge is 0.474 e. The zero-order valence-corrected chi connectivity index (χ0v) is 26.4. The number of sulfonamides is 1. The van der Waals surface area contributed by atoms with Crippen molar-refractivity contribution in [2.75, 3.05) is 91.8 Å². The molecule has 0 aromatic carbocycles. The summed E-state index contributed by atoms with van der Waals surface area (Å²) in [6.45, 7) is 8.48. The van der Waals surface area contributed by atoms with E-state index in [2.05, 4.69) is 39.7 Å². The summed E-state index contributed by atoms with van der Waals surface area (Å²) in [4.78, 5) is 25.7. The van der Waals surface area contributed by atoms with Crippen molar-refractivity contribution in [2.24, 2.45) is 0 Å². The maximum absolute atomic E-state index is 11.9. The minimum Gasteiger partial charge on any atom is -0.474 e. The molecule has 0 unspecified atom stereocenters. The lowest BCUT2D eigenvalue weighted by Gasteiger charge is -2.43. The van der Waals surface area contributed by atoms with Crippen molar-refractivity contribution in [3.05, 3.63) is 30.7 Å². The summed E-state index contributed by atoms with van der Waals surface area (Å²) in [5.74, 6) is 1.90. The van der Waals surface area contributed by atoms with Crippen molar-refractivity contribution in [3.63, 3.8) is 0 Å². The van der Waals surface area contributed by atoms with E-state index < -0.39 is 10.0 Å². The number of nitrogens with one attached hydrogen (secondary N) is 2. The first-order valence-electron chi connectivity index (χ1n) is 15.8. The van der Waals surface area contributed by atoms with Crippen LogP contribution in [0.3, 0.4) is 0 Å². The molecule has 7 rings (SSSR count). The quantitative estimate of drug-likeness (QED) is 0.352. The monoisotopic (exact) mass is 639 g/mol. The molecule has 1 saturated carbocycles. The van der Waals surface area contributed by atoms with Crippen LogP contribution >= 0.6 is 0 Å². The second kappa shape index (κ2) is 13.1. The molecule has 242 valence electrons. The molecule has 45 heavy (non-hydrogen) atoms. The molecule has 0 atom stereocenters. The van der Waals surface area contributed by atoms with E-state index in [1.165, 1.54) is 6.20 Å². The summed E-state index contributed by atoms with van der Waals surface area (Å²) in [5, 5.41) is 4.19. The number of pyridine rings is 2. The summed E-state index contributed by atoms with van der Waals surface area (Å²) < 4.78 is 43.7. The molecule has 0 spiro atoms. The number of piperazine rings is 1. The Kier molecular flexibility index (Phi) is 8.75. The van der Waals surface area contributed by atoms with Crippen molar-refractivity contribution in [3.8, 4) is 5.88 Å². The topological polar surface area (TPSA) is 147 Å². The van der Waals surface area contributed by atoms with E-state index in [1.807, 2.05) is 18.5 Å². The Labute approximate surface area is 263 Å². The molecular weight excluding hydrogens is 598 g/mol. The fraction of sp³-hybridized carbons (Fsp3) is 0.600. The van der Waals surface area contributed by atoms with Gasteiger partial charge in [-0.05, 0) is 31.7 Å². The van der Waals surface area contributed by atoms with E-state index >= 15 is 0 Å². The van der Waals surface area contributed by atoms with E-state index in [1.54, 1.807) is 6.07 Å². The first kappa shape index (κ1) is 30.1. The molecule has 3 saturated heterocycles. The molecule has 4 fully saturated rings. The van der Waals surface area contributed by atoms with E-state index in [4.69, 9.17) is 19.2 Å². The van der Waals surface area contributed by atoms with Crippen LogP contribution in [0.5, 0.6) is 5.88 Å². The van der Waals surface area contributed by atoms with Gasteiger partial charge in [0.2, 0.25) is 21.9 Å². The van der Waals surface area contributed by atoms with Gasteiger partial charge in [-0.15, -0.1) is 0 Å². The van der Waals surface area contributed by atoms with Crippen LogP contribution in [0.2, 0.25) is 0 Å². The highest BCUT2D eigenvalue weighted by molar-refractivity contribution is 7.92. The average molecular weight is 640 g/mol. The van der Waals surface area contributed by atoms with Crippen molar-refractivity contribution in [2.45, 2.75) is 43.9 Å². The number of rotatable bonds is 9. The molecule has 6 heterocycles. The van der Waals surface area contributed by atoms with E-state index in [9.17, 15) is 8.42 Å². The lowest BCUT2D eigenvalue weighted by Crippen LogP contribution is -2.56. The molecule has 3 aliphatic heterocycles. The number of hydrogen-bond acceptors (Lipinski definition) is 13. The van der Waals surface area contributed by atoms with E-state index in [0.717, 1.165) is 95.9 Å². The summed E-state index contributed by atoms with van der Waals surface area (Å²) in [6.07, 6.45) is 9.95. The van der Waals surface area contributed by atoms with Gasteiger partial charge in [0.25, 0.3) is 0 Å². The zero-order chi connectivity index (χ0) is 30.8. The van der Waals surface area contributed by atoms with Gasteiger partial charge in [0, 0.05) is 51.4 Å². The first-order valence-corrected chi connectivity index (χ1v) is 17.7. The molecule has 15 heteroatoms. The van der Waals surface area contributed by atoms with Crippen LogP contribution in [0.1, 0.15) is 25.7 Å². The Morgan fingerprint density at radius 2 is 1.60 bits per heavy atom. The minimum absolute atomic E-state index is 0.0290. The third-order valence-electron chi connectivity index (χ3n) is 9.01. The Morgan fingerprint density at radius 3 is 2.27 bits per heavy atom. The summed E-state index contributed by atoms with van der Waals surface area (Å²) in [6, 6.07) is 4.50. The van der Waals surface area contributed by atoms with E-state index in [0.29, 0.717) is 47.7 Å². The van der Waals surface area contributed by atoms with Crippen molar-refractivity contribution in [1.29, 1.82) is 0 Å². The smallest absolute Gasteiger partial charge is 0.229 e. The second-order valence-corrected chi connectivity index (χ2v) is 14.0. The van der Waals surface area contributed by atoms with Crippen LogP contribution in [-0.4, -0.2) is 123 Å². The third-order valence-corrected chi connectivity index (χ3v) is 9.62. The van der Waals surface area contributed by atoms with Gasteiger partial charge in [0.05, 0.1) is 79.6 Å². The standard InChI is InChI=1S/C30H41N9O5S/c1-45(40,41)36-22-14-26-27(31-16-22)15-28(39-10-12-42-13-11-39)35-29(26)44-25-4-2-21(3-5-25)34-30-32-17-23(18-33-30)37-6-8-38(9-7-37)24-19-43-20-24/h14-18,21,24-25,36H,2-13,19-20H2,1H3,(H,32,33,34)/t21-,25+. The van der Waals surface area contributed by atoms with Crippen LogP contribution in [0, 0.1) is 0 Å². The average Bonchev–Trinajstić information content (AvgIpc) is 3.02. The van der Waals surface area contributed by atoms with Gasteiger partial charge in [-0.1, -0.05) is 0 Å². The van der Waals surface area contributed by atoms with Gasteiger partial charge in [-0.3, -0.25) is 14.6 Å². The molecule has 1 aliphatic carbocycles. The van der Waals surface area contributed by atoms with Gasteiger partial charge in [-0.2, -0.15) is 4.98 Å². The number of ether oxygens (including phenoxy) is 3. The number of hydrogen-bond donors (Lipinski definition) is 2. The number of aromatic nitrogens is 4. The fourth-order valence-electron chi connectivity index (χ4n) is 6.40. The van der Waals surface area contributed by atoms with Crippen molar-refractivity contribution in [1.82, 2.24) is 24.8 Å². The molecule has 0 amide bonds. The molecule has 4 aliphatic rings. The van der Waals surface area contributed by atoms with Crippen molar-refractivity contribution < 1.29 is 22.6 Å². The van der Waals surface area contributed by atoms with Crippen LogP contribution in [-0.2, 0) is 19.5 Å². The third kappa shape index (κ3) is 7.32. The Bertz CT molecular complexity index is 1570. The Morgan fingerprint density at radius 1 is 0.867 bits per heavy atom. The molecule has 3 aromatic rings. The lowest BCUT2D eigenvalue weighted by molar-refractivity contribution is -0.0660. The highest BCUT2D eigenvalue weighted by Crippen LogP contribution is 2.33. The highest BCUT2D eigenvalue weighted by atomic mass is 32.2. The first-order chi connectivity index (χ1) is 21.9. The predicted octanol–water partition coefficient (Wildman–Crippen LogP) is 1.95. The maximum Gasteiger partial charge on any atom is 0.229 e. The predicted molar refractivity (Wildman–Crippen MR) is 172 cm³/mol. The normalized spacial score (nSPS) is 23.5. The Balaban J connectivity index is 0.974. The van der Waals surface area contributed by atoms with Gasteiger partial charge >= 0.3 is 0 Å². The SMILES string of the molecule is CS(=O)(=O)Nc1cnc2cc(N3CCOCC3)nc(O[C@H]3CC[C@@H](Nc4ncc(N5CCN(C6COC6)CC5)cn4)CC3)c2c1. The lowest BCUT2D eigenvalue weighted by atomic mass is 9.93. The molecule has 0 bridgehead atoms. The highest BCUT2D eigenvalue weighted by Gasteiger charge is 2.29. The van der Waals surface area contributed by atoms with Gasteiger partial charge in [0.1, 0.15) is 11.9 Å². The second-order valence-electron chi connectivity index (χ2n) is 12.3. The number of fused-ring (bicyclic) bond motifs is 1. The Hall–Kier alpha value is -3.53. The van der Waals surface area contributed by atoms with Gasteiger partial charge in [-0.25, -0.2) is 18.4 Å².